The second-order valence-corrected chi connectivity index (χ2v) is 5.70. The van der Waals surface area contributed by atoms with Crippen molar-refractivity contribution in [3.63, 3.8) is 0 Å². The van der Waals surface area contributed by atoms with Crippen LogP contribution in [0.2, 0.25) is 0 Å². The fourth-order valence-corrected chi connectivity index (χ4v) is 2.57. The molecular weight excluding hydrogens is 352 g/mol. The van der Waals surface area contributed by atoms with Crippen LogP contribution in [0.3, 0.4) is 0 Å². The molecule has 0 spiro atoms. The fraction of sp³-hybridized carbons (Fsp3) is 0.350. The highest BCUT2D eigenvalue weighted by molar-refractivity contribution is 5.85. The lowest BCUT2D eigenvalue weighted by molar-refractivity contribution is -0.122. The molecule has 2 aromatic carbocycles. The number of carbonyl (C=O) groups excluding carboxylic acids is 1. The molecule has 5 nitrogen and oxygen atoms in total. The second-order valence-electron chi connectivity index (χ2n) is 5.70. The van der Waals surface area contributed by atoms with Gasteiger partial charge in [0.15, 0.2) is 11.5 Å². The van der Waals surface area contributed by atoms with Crippen LogP contribution in [0.15, 0.2) is 48.5 Å². The summed E-state index contributed by atoms with van der Waals surface area (Å²) in [6.07, 6.45) is 1.66. The van der Waals surface area contributed by atoms with Gasteiger partial charge in [-0.25, -0.2) is 0 Å². The summed E-state index contributed by atoms with van der Waals surface area (Å²) >= 11 is 0. The number of nitrogens with one attached hydrogen (secondary N) is 1. The minimum absolute atomic E-state index is 0. The first-order chi connectivity index (χ1) is 12.2. The number of ether oxygens (including phenoxy) is 2. The summed E-state index contributed by atoms with van der Waals surface area (Å²) in [5.74, 6) is 1.32. The molecule has 0 aromatic heterocycles. The average molecular weight is 379 g/mol. The third-order valence-electron chi connectivity index (χ3n) is 3.91. The summed E-state index contributed by atoms with van der Waals surface area (Å²) < 4.78 is 10.9. The number of halogens is 1. The van der Waals surface area contributed by atoms with Gasteiger partial charge in [0.2, 0.25) is 5.91 Å². The minimum Gasteiger partial charge on any atom is -0.493 e. The lowest BCUT2D eigenvalue weighted by Gasteiger charge is -2.13. The maximum absolute atomic E-state index is 12.1. The zero-order chi connectivity index (χ0) is 18.1. The van der Waals surface area contributed by atoms with E-state index in [0.717, 1.165) is 35.5 Å². The maximum atomic E-state index is 12.1. The van der Waals surface area contributed by atoms with Crippen LogP contribution < -0.4 is 20.5 Å². The van der Waals surface area contributed by atoms with E-state index in [1.54, 1.807) is 7.11 Å². The van der Waals surface area contributed by atoms with Gasteiger partial charge in [-0.3, -0.25) is 4.79 Å². The van der Waals surface area contributed by atoms with Gasteiger partial charge in [0.1, 0.15) is 6.04 Å². The van der Waals surface area contributed by atoms with Crippen LogP contribution in [0.1, 0.15) is 30.5 Å². The Labute approximate surface area is 161 Å². The topological polar surface area (TPSA) is 73.6 Å². The quantitative estimate of drug-likeness (QED) is 0.657. The van der Waals surface area contributed by atoms with E-state index >= 15 is 0 Å². The minimum atomic E-state index is -0.633. The molecule has 2 aromatic rings. The Morgan fingerprint density at radius 3 is 2.54 bits per heavy atom. The first kappa shape index (κ1) is 21.8. The molecular formula is C20H27ClN2O3. The molecule has 0 aliphatic rings. The van der Waals surface area contributed by atoms with Crippen LogP contribution in [0, 0.1) is 0 Å². The summed E-state index contributed by atoms with van der Waals surface area (Å²) in [6.45, 7) is 3.11. The number of benzene rings is 2. The average Bonchev–Trinajstić information content (AvgIpc) is 2.65. The molecule has 1 atom stereocenters. The first-order valence-electron chi connectivity index (χ1n) is 8.53. The molecule has 6 heteroatoms. The second kappa shape index (κ2) is 11.4. The van der Waals surface area contributed by atoms with Crippen LogP contribution in [0.4, 0.5) is 0 Å². The number of carbonyl (C=O) groups is 1. The highest BCUT2D eigenvalue weighted by Crippen LogP contribution is 2.28. The zero-order valence-electron chi connectivity index (χ0n) is 15.2. The summed E-state index contributed by atoms with van der Waals surface area (Å²) in [5.41, 5.74) is 7.94. The zero-order valence-corrected chi connectivity index (χ0v) is 16.1. The molecule has 142 valence electrons. The van der Waals surface area contributed by atoms with E-state index in [9.17, 15) is 4.79 Å². The van der Waals surface area contributed by atoms with Crippen LogP contribution in [0.25, 0.3) is 0 Å². The normalized spacial score (nSPS) is 11.2. The molecule has 1 unspecified atom stereocenters. The third-order valence-corrected chi connectivity index (χ3v) is 3.91. The Morgan fingerprint density at radius 2 is 1.88 bits per heavy atom. The maximum Gasteiger partial charge on any atom is 0.241 e. The molecule has 0 aliphatic heterocycles. The van der Waals surface area contributed by atoms with E-state index in [4.69, 9.17) is 15.2 Å². The van der Waals surface area contributed by atoms with Crippen molar-refractivity contribution in [3.05, 3.63) is 59.7 Å². The van der Waals surface area contributed by atoms with Crippen molar-refractivity contribution in [1.82, 2.24) is 5.32 Å². The van der Waals surface area contributed by atoms with E-state index in [2.05, 4.69) is 5.32 Å². The third kappa shape index (κ3) is 6.24. The van der Waals surface area contributed by atoms with Gasteiger partial charge in [-0.15, -0.1) is 12.4 Å². The molecule has 1 amide bonds. The molecule has 2 rings (SSSR count). The van der Waals surface area contributed by atoms with E-state index in [1.165, 1.54) is 0 Å². The number of amides is 1. The standard InChI is InChI=1S/C20H26N2O3.ClH/c1-3-25-18-14-15(11-12-17(18)24-2)8-7-13-22-20(23)19(21)16-9-5-4-6-10-16;/h4-6,9-12,14,19H,3,7-8,13,21H2,1-2H3,(H,22,23);1H. The number of hydrogen-bond acceptors (Lipinski definition) is 4. The number of rotatable bonds is 9. The smallest absolute Gasteiger partial charge is 0.241 e. The van der Waals surface area contributed by atoms with Crippen LogP contribution in [-0.2, 0) is 11.2 Å². The largest absolute Gasteiger partial charge is 0.493 e. The number of methoxy groups -OCH3 is 1. The molecule has 0 radical (unpaired) electrons. The number of nitrogens with two attached hydrogens (primary N) is 1. The van der Waals surface area contributed by atoms with Gasteiger partial charge in [0.25, 0.3) is 0 Å². The summed E-state index contributed by atoms with van der Waals surface area (Å²) in [7, 11) is 1.63. The molecule has 3 N–H and O–H groups in total. The molecule has 0 aliphatic carbocycles. The van der Waals surface area contributed by atoms with E-state index < -0.39 is 6.04 Å². The summed E-state index contributed by atoms with van der Waals surface area (Å²) in [6, 6.07) is 14.6. The molecule has 0 bridgehead atoms. The van der Waals surface area contributed by atoms with Gasteiger partial charge in [-0.05, 0) is 43.0 Å². The molecule has 0 saturated carbocycles. The molecule has 0 saturated heterocycles. The monoisotopic (exact) mass is 378 g/mol. The van der Waals surface area contributed by atoms with Crippen molar-refractivity contribution in [1.29, 1.82) is 0 Å². The van der Waals surface area contributed by atoms with Gasteiger partial charge >= 0.3 is 0 Å². The van der Waals surface area contributed by atoms with Gasteiger partial charge < -0.3 is 20.5 Å². The van der Waals surface area contributed by atoms with E-state index in [1.807, 2.05) is 55.5 Å². The van der Waals surface area contributed by atoms with Gasteiger partial charge in [0, 0.05) is 6.54 Å². The lowest BCUT2D eigenvalue weighted by Crippen LogP contribution is -2.34. The number of aryl methyl sites for hydroxylation is 1. The summed E-state index contributed by atoms with van der Waals surface area (Å²) in [5, 5.41) is 2.89. The lowest BCUT2D eigenvalue weighted by atomic mass is 10.1. The Balaban J connectivity index is 0.00000338. The SMILES string of the molecule is CCOc1cc(CCCNC(=O)C(N)c2ccccc2)ccc1OC.Cl. The first-order valence-corrected chi connectivity index (χ1v) is 8.53. The summed E-state index contributed by atoms with van der Waals surface area (Å²) in [4.78, 5) is 12.1. The number of hydrogen-bond donors (Lipinski definition) is 2. The molecule has 0 fully saturated rings. The Hall–Kier alpha value is -2.24. The Morgan fingerprint density at radius 1 is 1.15 bits per heavy atom. The Bertz CT molecular complexity index is 680. The molecule has 26 heavy (non-hydrogen) atoms. The highest BCUT2D eigenvalue weighted by atomic mass is 35.5. The van der Waals surface area contributed by atoms with E-state index in [0.29, 0.717) is 13.2 Å². The van der Waals surface area contributed by atoms with Gasteiger partial charge in [-0.2, -0.15) is 0 Å². The van der Waals surface area contributed by atoms with Crippen molar-refractivity contribution < 1.29 is 14.3 Å². The molecule has 0 heterocycles. The van der Waals surface area contributed by atoms with Crippen molar-refractivity contribution in [3.8, 4) is 11.5 Å². The van der Waals surface area contributed by atoms with Crippen molar-refractivity contribution >= 4 is 18.3 Å². The highest BCUT2D eigenvalue weighted by Gasteiger charge is 2.14. The van der Waals surface area contributed by atoms with Crippen LogP contribution in [0.5, 0.6) is 11.5 Å². The van der Waals surface area contributed by atoms with Crippen molar-refractivity contribution in [2.24, 2.45) is 5.73 Å². The van der Waals surface area contributed by atoms with Gasteiger partial charge in [-0.1, -0.05) is 36.4 Å². The fourth-order valence-electron chi connectivity index (χ4n) is 2.57. The van der Waals surface area contributed by atoms with Crippen molar-refractivity contribution in [2.75, 3.05) is 20.3 Å². The van der Waals surface area contributed by atoms with Crippen molar-refractivity contribution in [2.45, 2.75) is 25.8 Å². The van der Waals surface area contributed by atoms with E-state index in [-0.39, 0.29) is 18.3 Å². The van der Waals surface area contributed by atoms with Crippen LogP contribution in [-0.4, -0.2) is 26.2 Å². The van der Waals surface area contributed by atoms with Gasteiger partial charge in [0.05, 0.1) is 13.7 Å². The predicted octanol–water partition coefficient (Wildman–Crippen LogP) is 3.26. The van der Waals surface area contributed by atoms with Crippen LogP contribution >= 0.6 is 12.4 Å². The predicted molar refractivity (Wildman–Crippen MR) is 106 cm³/mol. The Kier molecular flexibility index (Phi) is 9.55.